The normalized spacial score (nSPS) is 18.3. The third-order valence-electron chi connectivity index (χ3n) is 4.88. The number of carbonyl (C=O) groups excluding carboxylic acids is 1. The fourth-order valence-corrected chi connectivity index (χ4v) is 5.09. The van der Waals surface area contributed by atoms with Crippen molar-refractivity contribution >= 4 is 33.2 Å². The van der Waals surface area contributed by atoms with E-state index in [0.717, 1.165) is 24.8 Å². The van der Waals surface area contributed by atoms with Crippen LogP contribution in [0.3, 0.4) is 0 Å². The van der Waals surface area contributed by atoms with Gasteiger partial charge in [0.15, 0.2) is 0 Å². The Morgan fingerprint density at radius 1 is 1.15 bits per heavy atom. The minimum absolute atomic E-state index is 0.000121. The van der Waals surface area contributed by atoms with Crippen molar-refractivity contribution in [2.24, 2.45) is 0 Å². The highest BCUT2D eigenvalue weighted by atomic mass is 35.5. The van der Waals surface area contributed by atoms with Gasteiger partial charge in [0.25, 0.3) is 5.91 Å². The maximum atomic E-state index is 12.9. The number of sulfonamides is 1. The summed E-state index contributed by atoms with van der Waals surface area (Å²) in [6.07, 6.45) is 2.81. The van der Waals surface area contributed by atoms with Crippen molar-refractivity contribution in [3.05, 3.63) is 58.6 Å². The second-order valence-electron chi connectivity index (χ2n) is 6.90. The number of halogens is 1. The molecule has 0 saturated carbocycles. The zero-order chi connectivity index (χ0) is 19.6. The van der Waals surface area contributed by atoms with E-state index in [2.05, 4.69) is 5.32 Å². The number of nitrogens with one attached hydrogen (secondary N) is 1. The number of piperidine rings is 1. The minimum Gasteiger partial charge on any atom is -0.322 e. The molecule has 0 spiro atoms. The highest BCUT2D eigenvalue weighted by molar-refractivity contribution is 7.89. The van der Waals surface area contributed by atoms with Crippen LogP contribution in [0.2, 0.25) is 5.02 Å². The van der Waals surface area contributed by atoms with E-state index in [-0.39, 0.29) is 16.8 Å². The van der Waals surface area contributed by atoms with Crippen molar-refractivity contribution < 1.29 is 13.2 Å². The molecule has 5 nitrogen and oxygen atoms in total. The molecule has 0 bridgehead atoms. The number of nitrogens with zero attached hydrogens (tertiary/aromatic N) is 1. The summed E-state index contributed by atoms with van der Waals surface area (Å²) in [5, 5.41) is 3.43. The van der Waals surface area contributed by atoms with Gasteiger partial charge in [-0.25, -0.2) is 8.42 Å². The first kappa shape index (κ1) is 19.9. The average Bonchev–Trinajstić information content (AvgIpc) is 2.65. The van der Waals surface area contributed by atoms with Crippen molar-refractivity contribution in [2.75, 3.05) is 11.9 Å². The highest BCUT2D eigenvalue weighted by Crippen LogP contribution is 2.25. The third-order valence-corrected chi connectivity index (χ3v) is 7.33. The van der Waals surface area contributed by atoms with Crippen molar-refractivity contribution in [1.82, 2.24) is 4.31 Å². The first-order valence-corrected chi connectivity index (χ1v) is 10.8. The van der Waals surface area contributed by atoms with Gasteiger partial charge in [0.05, 0.1) is 4.90 Å². The number of aryl methyl sites for hydroxylation is 1. The van der Waals surface area contributed by atoms with Gasteiger partial charge in [-0.3, -0.25) is 4.79 Å². The van der Waals surface area contributed by atoms with Gasteiger partial charge in [-0.15, -0.1) is 0 Å². The fourth-order valence-electron chi connectivity index (χ4n) is 3.27. The Labute approximate surface area is 165 Å². The van der Waals surface area contributed by atoms with Crippen LogP contribution in [0.25, 0.3) is 0 Å². The van der Waals surface area contributed by atoms with Gasteiger partial charge in [0.1, 0.15) is 0 Å². The summed E-state index contributed by atoms with van der Waals surface area (Å²) in [5.74, 6) is -0.299. The van der Waals surface area contributed by atoms with Crippen LogP contribution in [0, 0.1) is 6.92 Å². The highest BCUT2D eigenvalue weighted by Gasteiger charge is 2.30. The first-order valence-electron chi connectivity index (χ1n) is 8.98. The Kier molecular flexibility index (Phi) is 5.89. The maximum Gasteiger partial charge on any atom is 0.255 e. The molecular formula is C20H23ClN2O3S. The smallest absolute Gasteiger partial charge is 0.255 e. The van der Waals surface area contributed by atoms with Crippen LogP contribution in [0.5, 0.6) is 0 Å². The molecule has 3 rings (SSSR count). The molecule has 2 aromatic carbocycles. The van der Waals surface area contributed by atoms with E-state index in [4.69, 9.17) is 11.6 Å². The van der Waals surface area contributed by atoms with Gasteiger partial charge in [-0.1, -0.05) is 18.0 Å². The Balaban J connectivity index is 1.76. The number of amides is 1. The quantitative estimate of drug-likeness (QED) is 0.814. The van der Waals surface area contributed by atoms with Gasteiger partial charge in [-0.2, -0.15) is 4.31 Å². The monoisotopic (exact) mass is 406 g/mol. The largest absolute Gasteiger partial charge is 0.322 e. The number of hydrogen-bond donors (Lipinski definition) is 1. The van der Waals surface area contributed by atoms with Gasteiger partial charge >= 0.3 is 0 Å². The predicted octanol–water partition coefficient (Wildman–Crippen LogP) is 4.46. The van der Waals surface area contributed by atoms with Crippen molar-refractivity contribution in [1.29, 1.82) is 0 Å². The zero-order valence-corrected chi connectivity index (χ0v) is 17.0. The van der Waals surface area contributed by atoms with Crippen LogP contribution >= 0.6 is 11.6 Å². The average molecular weight is 407 g/mol. The molecule has 1 N–H and O–H groups in total. The summed E-state index contributed by atoms with van der Waals surface area (Å²) in [4.78, 5) is 12.6. The molecule has 1 atom stereocenters. The van der Waals surface area contributed by atoms with E-state index < -0.39 is 10.0 Å². The summed E-state index contributed by atoms with van der Waals surface area (Å²) >= 11 is 6.00. The summed E-state index contributed by atoms with van der Waals surface area (Å²) in [7, 11) is -3.54. The van der Waals surface area contributed by atoms with Gasteiger partial charge in [0.2, 0.25) is 10.0 Å². The Morgan fingerprint density at radius 2 is 1.85 bits per heavy atom. The molecule has 0 unspecified atom stereocenters. The molecule has 2 aromatic rings. The van der Waals surface area contributed by atoms with Crippen molar-refractivity contribution in [3.63, 3.8) is 0 Å². The second-order valence-corrected chi connectivity index (χ2v) is 9.20. The van der Waals surface area contributed by atoms with Gasteiger partial charge < -0.3 is 5.32 Å². The van der Waals surface area contributed by atoms with E-state index in [1.807, 2.05) is 13.8 Å². The number of rotatable bonds is 4. The summed E-state index contributed by atoms with van der Waals surface area (Å²) < 4.78 is 27.3. The predicted molar refractivity (Wildman–Crippen MR) is 108 cm³/mol. The lowest BCUT2D eigenvalue weighted by atomic mass is 10.1. The van der Waals surface area contributed by atoms with E-state index in [1.54, 1.807) is 34.6 Å². The van der Waals surface area contributed by atoms with Gasteiger partial charge in [0, 0.05) is 28.9 Å². The SMILES string of the molecule is Cc1cc(NC(=O)c2ccc(S(=O)(=O)N3CCCC[C@@H]3C)cc2)ccc1Cl. The summed E-state index contributed by atoms with van der Waals surface area (Å²) in [5.41, 5.74) is 1.90. The lowest BCUT2D eigenvalue weighted by Gasteiger charge is -2.32. The van der Waals surface area contributed by atoms with Crippen LogP contribution in [0.1, 0.15) is 42.1 Å². The van der Waals surface area contributed by atoms with E-state index >= 15 is 0 Å². The minimum atomic E-state index is -3.54. The number of hydrogen-bond acceptors (Lipinski definition) is 3. The summed E-state index contributed by atoms with van der Waals surface area (Å²) in [6.45, 7) is 4.34. The van der Waals surface area contributed by atoms with E-state index in [9.17, 15) is 13.2 Å². The molecule has 1 fully saturated rings. The molecule has 0 aromatic heterocycles. The topological polar surface area (TPSA) is 66.5 Å². The van der Waals surface area contributed by atoms with Crippen LogP contribution in [-0.2, 0) is 10.0 Å². The molecule has 0 radical (unpaired) electrons. The maximum absolute atomic E-state index is 12.9. The van der Waals surface area contributed by atoms with Crippen LogP contribution in [0.4, 0.5) is 5.69 Å². The van der Waals surface area contributed by atoms with Crippen LogP contribution < -0.4 is 5.32 Å². The standard InChI is InChI=1S/C20H23ClN2O3S/c1-14-13-17(8-11-19(14)21)22-20(24)16-6-9-18(10-7-16)27(25,26)23-12-4-3-5-15(23)2/h6-11,13,15H,3-5,12H2,1-2H3,(H,22,24)/t15-/m0/s1. The molecule has 0 aliphatic carbocycles. The summed E-state index contributed by atoms with van der Waals surface area (Å²) in [6, 6.07) is 11.3. The molecule has 144 valence electrons. The number of benzene rings is 2. The van der Waals surface area contributed by atoms with Crippen molar-refractivity contribution in [2.45, 2.75) is 44.0 Å². The molecule has 1 amide bonds. The van der Waals surface area contributed by atoms with Crippen LogP contribution in [-0.4, -0.2) is 31.2 Å². The molecule has 27 heavy (non-hydrogen) atoms. The fraction of sp³-hybridized carbons (Fsp3) is 0.350. The molecule has 7 heteroatoms. The molecule has 1 aliphatic rings. The third kappa shape index (κ3) is 4.34. The lowest BCUT2D eigenvalue weighted by Crippen LogP contribution is -2.41. The molecule has 1 saturated heterocycles. The Bertz CT molecular complexity index is 942. The Hall–Kier alpha value is -1.89. The molecule has 1 heterocycles. The molecule has 1 aliphatic heterocycles. The molecular weight excluding hydrogens is 384 g/mol. The lowest BCUT2D eigenvalue weighted by molar-refractivity contribution is 0.102. The van der Waals surface area contributed by atoms with Crippen molar-refractivity contribution in [3.8, 4) is 0 Å². The van der Waals surface area contributed by atoms with E-state index in [1.165, 1.54) is 12.1 Å². The van der Waals surface area contributed by atoms with Crippen LogP contribution in [0.15, 0.2) is 47.4 Å². The second kappa shape index (κ2) is 8.00. The van der Waals surface area contributed by atoms with Gasteiger partial charge in [-0.05, 0) is 74.7 Å². The first-order chi connectivity index (χ1) is 12.8. The number of anilines is 1. The zero-order valence-electron chi connectivity index (χ0n) is 15.4. The van der Waals surface area contributed by atoms with E-state index in [0.29, 0.717) is 22.8 Å². The number of carbonyl (C=O) groups is 1. The Morgan fingerprint density at radius 3 is 2.48 bits per heavy atom.